The molecule has 0 radical (unpaired) electrons. The number of carbonyl (C=O) groups is 1. The van der Waals surface area contributed by atoms with Gasteiger partial charge in [0.15, 0.2) is 0 Å². The van der Waals surface area contributed by atoms with Gasteiger partial charge in [-0.25, -0.2) is 0 Å². The van der Waals surface area contributed by atoms with Crippen LogP contribution in [0.3, 0.4) is 0 Å². The van der Waals surface area contributed by atoms with Gasteiger partial charge in [-0.05, 0) is 33.7 Å². The third-order valence-electron chi connectivity index (χ3n) is 3.01. The van der Waals surface area contributed by atoms with E-state index in [2.05, 4.69) is 43.4 Å². The van der Waals surface area contributed by atoms with Gasteiger partial charge in [0, 0.05) is 13.1 Å². The summed E-state index contributed by atoms with van der Waals surface area (Å²) in [6.07, 6.45) is 2.35. The molecule has 1 aromatic carbocycles. The lowest BCUT2D eigenvalue weighted by Crippen LogP contribution is -2.34. The van der Waals surface area contributed by atoms with E-state index < -0.39 is 0 Å². The molecule has 1 fully saturated rings. The highest BCUT2D eigenvalue weighted by Gasteiger charge is 2.15. The minimum Gasteiger partial charge on any atom is -0.342 e. The molecule has 1 aliphatic heterocycles. The van der Waals surface area contributed by atoms with Crippen molar-refractivity contribution in [3.63, 3.8) is 0 Å². The van der Waals surface area contributed by atoms with Crippen molar-refractivity contribution in [2.24, 2.45) is 0 Å². The minimum atomic E-state index is 0.236. The molecular formula is C17H30N2O. The number of amides is 1. The van der Waals surface area contributed by atoms with Gasteiger partial charge in [0.25, 0.3) is 0 Å². The zero-order chi connectivity index (χ0) is 15.4. The maximum Gasteiger partial charge on any atom is 0.236 e. The van der Waals surface area contributed by atoms with Crippen LogP contribution in [-0.4, -0.2) is 37.5 Å². The summed E-state index contributed by atoms with van der Waals surface area (Å²) in [7, 11) is 1.80. The molecule has 0 saturated carbocycles. The van der Waals surface area contributed by atoms with Crippen LogP contribution in [-0.2, 0) is 4.79 Å². The van der Waals surface area contributed by atoms with Gasteiger partial charge >= 0.3 is 0 Å². The van der Waals surface area contributed by atoms with Gasteiger partial charge in [0.1, 0.15) is 0 Å². The molecule has 3 heteroatoms. The second-order valence-corrected chi connectivity index (χ2v) is 4.77. The molecule has 1 heterocycles. The normalized spacial score (nSPS) is 12.9. The summed E-state index contributed by atoms with van der Waals surface area (Å²) in [6, 6.07) is 8.48. The SMILES string of the molecule is CC.CNCC(=O)N1CCCC1.Cc1ccc(C)cc1. The number of hydrogen-bond acceptors (Lipinski definition) is 2. The number of carbonyl (C=O) groups excluding carboxylic acids is 1. The van der Waals surface area contributed by atoms with E-state index in [1.165, 1.54) is 24.0 Å². The lowest BCUT2D eigenvalue weighted by atomic mass is 10.2. The second-order valence-electron chi connectivity index (χ2n) is 4.77. The van der Waals surface area contributed by atoms with Crippen LogP contribution in [0.25, 0.3) is 0 Å². The van der Waals surface area contributed by atoms with E-state index in [-0.39, 0.29) is 5.91 Å². The van der Waals surface area contributed by atoms with Crippen molar-refractivity contribution >= 4 is 5.91 Å². The van der Waals surface area contributed by atoms with E-state index in [1.807, 2.05) is 18.7 Å². The molecule has 0 unspecified atom stereocenters. The van der Waals surface area contributed by atoms with Gasteiger partial charge in [0.2, 0.25) is 5.91 Å². The highest BCUT2D eigenvalue weighted by atomic mass is 16.2. The first kappa shape index (κ1) is 18.7. The quantitative estimate of drug-likeness (QED) is 0.901. The maximum absolute atomic E-state index is 11.1. The lowest BCUT2D eigenvalue weighted by molar-refractivity contribution is -0.129. The van der Waals surface area contributed by atoms with Crippen molar-refractivity contribution in [3.8, 4) is 0 Å². The lowest BCUT2D eigenvalue weighted by Gasteiger charge is -2.13. The fourth-order valence-electron chi connectivity index (χ4n) is 1.87. The largest absolute Gasteiger partial charge is 0.342 e. The fraction of sp³-hybridized carbons (Fsp3) is 0.588. The first-order chi connectivity index (χ1) is 9.63. The molecule has 2 rings (SSSR count). The van der Waals surface area contributed by atoms with Crippen LogP contribution in [0.4, 0.5) is 0 Å². The summed E-state index contributed by atoms with van der Waals surface area (Å²) in [6.45, 7) is 10.6. The molecule has 0 aliphatic carbocycles. The Labute approximate surface area is 124 Å². The number of likely N-dealkylation sites (tertiary alicyclic amines) is 1. The van der Waals surface area contributed by atoms with E-state index in [0.717, 1.165) is 13.1 Å². The Morgan fingerprint density at radius 1 is 1.05 bits per heavy atom. The number of aryl methyl sites for hydroxylation is 2. The molecule has 0 aromatic heterocycles. The number of likely N-dealkylation sites (N-methyl/N-ethyl adjacent to an activating group) is 1. The third kappa shape index (κ3) is 7.95. The minimum absolute atomic E-state index is 0.236. The van der Waals surface area contributed by atoms with Crippen molar-refractivity contribution in [1.82, 2.24) is 10.2 Å². The second kappa shape index (κ2) is 11.5. The van der Waals surface area contributed by atoms with Gasteiger partial charge in [-0.3, -0.25) is 4.79 Å². The number of hydrogen-bond donors (Lipinski definition) is 1. The first-order valence-corrected chi connectivity index (χ1v) is 7.59. The Kier molecular flexibility index (Phi) is 10.7. The number of nitrogens with zero attached hydrogens (tertiary/aromatic N) is 1. The Bertz CT molecular complexity index is 333. The van der Waals surface area contributed by atoms with Gasteiger partial charge in [-0.15, -0.1) is 0 Å². The standard InChI is InChI=1S/C8H10.C7H14N2O.C2H6/c1-7-3-5-8(2)6-4-7;1-8-6-7(10)9-4-2-3-5-9;1-2/h3-6H,1-2H3;8H,2-6H2,1H3;1-2H3. The molecule has 3 nitrogen and oxygen atoms in total. The van der Waals surface area contributed by atoms with E-state index in [0.29, 0.717) is 6.54 Å². The van der Waals surface area contributed by atoms with Gasteiger partial charge < -0.3 is 10.2 Å². The molecule has 1 saturated heterocycles. The van der Waals surface area contributed by atoms with Crippen molar-refractivity contribution in [3.05, 3.63) is 35.4 Å². The highest BCUT2D eigenvalue weighted by molar-refractivity contribution is 5.78. The first-order valence-electron chi connectivity index (χ1n) is 7.59. The average Bonchev–Trinajstić information content (AvgIpc) is 3.00. The third-order valence-corrected chi connectivity index (χ3v) is 3.01. The summed E-state index contributed by atoms with van der Waals surface area (Å²) < 4.78 is 0. The van der Waals surface area contributed by atoms with Crippen molar-refractivity contribution in [1.29, 1.82) is 0 Å². The monoisotopic (exact) mass is 278 g/mol. The summed E-state index contributed by atoms with van der Waals surface area (Å²) in [5.74, 6) is 0.236. The van der Waals surface area contributed by atoms with Gasteiger partial charge in [-0.2, -0.15) is 0 Å². The molecule has 1 aromatic rings. The van der Waals surface area contributed by atoms with Crippen LogP contribution in [0.1, 0.15) is 37.8 Å². The molecule has 20 heavy (non-hydrogen) atoms. The molecule has 1 N–H and O–H groups in total. The van der Waals surface area contributed by atoms with E-state index in [4.69, 9.17) is 0 Å². The van der Waals surface area contributed by atoms with Crippen molar-refractivity contribution in [2.75, 3.05) is 26.7 Å². The van der Waals surface area contributed by atoms with Crippen molar-refractivity contribution < 1.29 is 4.79 Å². The average molecular weight is 278 g/mol. The maximum atomic E-state index is 11.1. The number of nitrogens with one attached hydrogen (secondary N) is 1. The van der Waals surface area contributed by atoms with Crippen LogP contribution >= 0.6 is 0 Å². The summed E-state index contributed by atoms with van der Waals surface area (Å²) >= 11 is 0. The Morgan fingerprint density at radius 3 is 1.80 bits per heavy atom. The van der Waals surface area contributed by atoms with Gasteiger partial charge in [-0.1, -0.05) is 49.2 Å². The van der Waals surface area contributed by atoms with Crippen LogP contribution in [0.15, 0.2) is 24.3 Å². The molecule has 1 amide bonds. The molecule has 0 spiro atoms. The predicted molar refractivity (Wildman–Crippen MR) is 87.0 cm³/mol. The highest BCUT2D eigenvalue weighted by Crippen LogP contribution is 2.06. The van der Waals surface area contributed by atoms with E-state index in [9.17, 15) is 4.79 Å². The van der Waals surface area contributed by atoms with Gasteiger partial charge in [0.05, 0.1) is 6.54 Å². The molecule has 0 atom stereocenters. The van der Waals surface area contributed by atoms with Crippen LogP contribution < -0.4 is 5.32 Å². The Balaban J connectivity index is 0.000000327. The van der Waals surface area contributed by atoms with Crippen LogP contribution in [0, 0.1) is 13.8 Å². The van der Waals surface area contributed by atoms with Crippen LogP contribution in [0.5, 0.6) is 0 Å². The topological polar surface area (TPSA) is 32.3 Å². The zero-order valence-electron chi connectivity index (χ0n) is 13.7. The molecule has 0 bridgehead atoms. The van der Waals surface area contributed by atoms with E-state index >= 15 is 0 Å². The summed E-state index contributed by atoms with van der Waals surface area (Å²) in [5.41, 5.74) is 2.66. The summed E-state index contributed by atoms with van der Waals surface area (Å²) in [5, 5.41) is 2.85. The Morgan fingerprint density at radius 2 is 1.45 bits per heavy atom. The van der Waals surface area contributed by atoms with E-state index in [1.54, 1.807) is 7.05 Å². The van der Waals surface area contributed by atoms with Crippen molar-refractivity contribution in [2.45, 2.75) is 40.5 Å². The summed E-state index contributed by atoms with van der Waals surface area (Å²) in [4.78, 5) is 13.0. The van der Waals surface area contributed by atoms with Crippen LogP contribution in [0.2, 0.25) is 0 Å². The molecular weight excluding hydrogens is 248 g/mol. The number of benzene rings is 1. The predicted octanol–water partition coefficient (Wildman–Crippen LogP) is 3.16. The molecule has 1 aliphatic rings. The Hall–Kier alpha value is -1.35. The smallest absolute Gasteiger partial charge is 0.236 e. The zero-order valence-corrected chi connectivity index (χ0v) is 13.7. The molecule has 114 valence electrons. The fourth-order valence-corrected chi connectivity index (χ4v) is 1.87. The number of rotatable bonds is 2.